The first-order chi connectivity index (χ1) is 4.80. The minimum absolute atomic E-state index is 0.130. The summed E-state index contributed by atoms with van der Waals surface area (Å²) >= 11 is 0. The highest BCUT2D eigenvalue weighted by atomic mass is 16.4. The van der Waals surface area contributed by atoms with Gasteiger partial charge in [0.25, 0.3) is 0 Å². The maximum atomic E-state index is 10.2. The van der Waals surface area contributed by atoms with E-state index < -0.39 is 5.97 Å². The molecule has 4 nitrogen and oxygen atoms in total. The second kappa shape index (κ2) is 5.20. The normalized spacial score (nSPS) is 23.2. The van der Waals surface area contributed by atoms with Crippen molar-refractivity contribution < 1.29 is 9.90 Å². The van der Waals surface area contributed by atoms with Crippen molar-refractivity contribution in [2.24, 2.45) is 11.7 Å². The average Bonchev–Trinajstić information content (AvgIpc) is 2.42. The molecule has 0 aromatic rings. The number of nitrogens with one attached hydrogen (secondary N) is 1. The molecular formula is C6H14N2O2. The van der Waals surface area contributed by atoms with Crippen molar-refractivity contribution in [3.05, 3.63) is 0 Å². The molecule has 0 aromatic heterocycles. The molecule has 10 heavy (non-hydrogen) atoms. The summed E-state index contributed by atoms with van der Waals surface area (Å²) < 4.78 is 0. The molecule has 1 aliphatic rings. The minimum Gasteiger partial charge on any atom is -0.481 e. The largest absolute Gasteiger partial charge is 0.481 e. The van der Waals surface area contributed by atoms with Gasteiger partial charge in [-0.3, -0.25) is 4.79 Å². The SMILES string of the molecule is CN.O=C(O)C1CCNC1. The van der Waals surface area contributed by atoms with Crippen molar-refractivity contribution in [2.75, 3.05) is 20.1 Å². The number of carboxylic acids is 1. The summed E-state index contributed by atoms with van der Waals surface area (Å²) in [5.74, 6) is -0.801. The van der Waals surface area contributed by atoms with E-state index in [1.807, 2.05) is 0 Å². The molecule has 60 valence electrons. The van der Waals surface area contributed by atoms with Gasteiger partial charge in [0, 0.05) is 6.54 Å². The Hall–Kier alpha value is -0.610. The summed E-state index contributed by atoms with van der Waals surface area (Å²) in [6, 6.07) is 0. The Morgan fingerprint density at radius 2 is 2.30 bits per heavy atom. The van der Waals surface area contributed by atoms with E-state index >= 15 is 0 Å². The van der Waals surface area contributed by atoms with Crippen molar-refractivity contribution in [3.63, 3.8) is 0 Å². The minimum atomic E-state index is -0.671. The molecule has 0 aromatic carbocycles. The summed E-state index contributed by atoms with van der Waals surface area (Å²) in [6.07, 6.45) is 0.787. The molecule has 4 heteroatoms. The number of hydrogen-bond acceptors (Lipinski definition) is 3. The quantitative estimate of drug-likeness (QED) is 0.455. The number of carboxylic acid groups (broad SMARTS) is 1. The fraction of sp³-hybridized carbons (Fsp3) is 0.833. The average molecular weight is 146 g/mol. The Bertz CT molecular complexity index is 99.9. The highest BCUT2D eigenvalue weighted by Crippen LogP contribution is 2.05. The summed E-state index contributed by atoms with van der Waals surface area (Å²) in [7, 11) is 1.50. The van der Waals surface area contributed by atoms with E-state index in [4.69, 9.17) is 5.11 Å². The Morgan fingerprint density at radius 3 is 2.50 bits per heavy atom. The fourth-order valence-corrected chi connectivity index (χ4v) is 0.865. The van der Waals surface area contributed by atoms with Gasteiger partial charge in [0.15, 0.2) is 0 Å². The molecule has 4 N–H and O–H groups in total. The lowest BCUT2D eigenvalue weighted by atomic mass is 10.1. The van der Waals surface area contributed by atoms with Crippen LogP contribution < -0.4 is 11.1 Å². The molecule has 1 aliphatic heterocycles. The van der Waals surface area contributed by atoms with Crippen LogP contribution in [0.1, 0.15) is 6.42 Å². The molecule has 0 saturated carbocycles. The topological polar surface area (TPSA) is 75.4 Å². The molecule has 0 amide bonds. The highest BCUT2D eigenvalue weighted by molar-refractivity contribution is 5.70. The van der Waals surface area contributed by atoms with Gasteiger partial charge in [-0.05, 0) is 20.0 Å². The Balaban J connectivity index is 0.000000371. The molecule has 0 bridgehead atoms. The van der Waals surface area contributed by atoms with Gasteiger partial charge in [0.1, 0.15) is 0 Å². The van der Waals surface area contributed by atoms with E-state index in [9.17, 15) is 4.79 Å². The standard InChI is InChI=1S/C5H9NO2.CH5N/c7-5(8)4-1-2-6-3-4;1-2/h4,6H,1-3H2,(H,7,8);2H2,1H3. The van der Waals surface area contributed by atoms with Gasteiger partial charge in [-0.15, -0.1) is 0 Å². The second-order valence-corrected chi connectivity index (χ2v) is 2.03. The first-order valence-electron chi connectivity index (χ1n) is 3.32. The number of rotatable bonds is 1. The molecule has 0 radical (unpaired) electrons. The summed E-state index contributed by atoms with van der Waals surface area (Å²) in [4.78, 5) is 10.2. The Morgan fingerprint density at radius 1 is 1.70 bits per heavy atom. The molecule has 0 spiro atoms. The van der Waals surface area contributed by atoms with Crippen LogP contribution >= 0.6 is 0 Å². The van der Waals surface area contributed by atoms with Gasteiger partial charge in [0.05, 0.1) is 5.92 Å². The monoisotopic (exact) mass is 146 g/mol. The predicted molar refractivity (Wildman–Crippen MR) is 38.7 cm³/mol. The first-order valence-corrected chi connectivity index (χ1v) is 3.32. The Kier molecular flexibility index (Phi) is 4.88. The summed E-state index contributed by atoms with van der Waals surface area (Å²) in [6.45, 7) is 1.51. The van der Waals surface area contributed by atoms with E-state index in [-0.39, 0.29) is 5.92 Å². The third kappa shape index (κ3) is 2.80. The third-order valence-corrected chi connectivity index (χ3v) is 1.41. The molecular weight excluding hydrogens is 132 g/mol. The van der Waals surface area contributed by atoms with Crippen molar-refractivity contribution in [2.45, 2.75) is 6.42 Å². The van der Waals surface area contributed by atoms with Crippen LogP contribution in [0.2, 0.25) is 0 Å². The van der Waals surface area contributed by atoms with Gasteiger partial charge < -0.3 is 16.2 Å². The van der Waals surface area contributed by atoms with E-state index in [1.165, 1.54) is 7.05 Å². The van der Waals surface area contributed by atoms with Gasteiger partial charge in [-0.1, -0.05) is 0 Å². The van der Waals surface area contributed by atoms with Crippen molar-refractivity contribution in [1.29, 1.82) is 0 Å². The zero-order chi connectivity index (χ0) is 7.98. The molecule has 0 aliphatic carbocycles. The van der Waals surface area contributed by atoms with Gasteiger partial charge in [0.2, 0.25) is 0 Å². The molecule has 1 fully saturated rings. The zero-order valence-electron chi connectivity index (χ0n) is 6.13. The van der Waals surface area contributed by atoms with E-state index in [1.54, 1.807) is 0 Å². The van der Waals surface area contributed by atoms with Crippen LogP contribution in [0.25, 0.3) is 0 Å². The van der Waals surface area contributed by atoms with Crippen LogP contribution in [0.4, 0.5) is 0 Å². The van der Waals surface area contributed by atoms with Gasteiger partial charge in [-0.2, -0.15) is 0 Å². The molecule has 1 unspecified atom stereocenters. The van der Waals surface area contributed by atoms with Crippen LogP contribution in [0.5, 0.6) is 0 Å². The maximum absolute atomic E-state index is 10.2. The zero-order valence-corrected chi connectivity index (χ0v) is 6.13. The van der Waals surface area contributed by atoms with Crippen molar-refractivity contribution in [3.8, 4) is 0 Å². The number of aliphatic carboxylic acids is 1. The van der Waals surface area contributed by atoms with Gasteiger partial charge in [-0.25, -0.2) is 0 Å². The number of hydrogen-bond donors (Lipinski definition) is 3. The fourth-order valence-electron chi connectivity index (χ4n) is 0.865. The molecule has 1 rings (SSSR count). The van der Waals surface area contributed by atoms with Crippen LogP contribution in [-0.4, -0.2) is 31.2 Å². The Labute approximate surface area is 60.4 Å². The number of nitrogens with two attached hydrogens (primary N) is 1. The van der Waals surface area contributed by atoms with Crippen LogP contribution in [-0.2, 0) is 4.79 Å². The van der Waals surface area contributed by atoms with E-state index in [0.29, 0.717) is 6.54 Å². The molecule has 1 saturated heterocycles. The van der Waals surface area contributed by atoms with Crippen molar-refractivity contribution >= 4 is 5.97 Å². The maximum Gasteiger partial charge on any atom is 0.307 e. The van der Waals surface area contributed by atoms with Crippen LogP contribution in [0.3, 0.4) is 0 Å². The smallest absolute Gasteiger partial charge is 0.307 e. The van der Waals surface area contributed by atoms with E-state index in [0.717, 1.165) is 13.0 Å². The van der Waals surface area contributed by atoms with Crippen LogP contribution in [0.15, 0.2) is 0 Å². The second-order valence-electron chi connectivity index (χ2n) is 2.03. The molecule has 1 atom stereocenters. The third-order valence-electron chi connectivity index (χ3n) is 1.41. The van der Waals surface area contributed by atoms with Crippen LogP contribution in [0, 0.1) is 5.92 Å². The first kappa shape index (κ1) is 9.39. The lowest BCUT2D eigenvalue weighted by Crippen LogP contribution is -2.16. The number of carbonyl (C=O) groups is 1. The van der Waals surface area contributed by atoms with Gasteiger partial charge >= 0.3 is 5.97 Å². The summed E-state index contributed by atoms with van der Waals surface area (Å²) in [5.41, 5.74) is 4.50. The molecule has 1 heterocycles. The lowest BCUT2D eigenvalue weighted by molar-refractivity contribution is -0.140. The van der Waals surface area contributed by atoms with E-state index in [2.05, 4.69) is 11.1 Å². The lowest BCUT2D eigenvalue weighted by Gasteiger charge is -1.96. The summed E-state index contributed by atoms with van der Waals surface area (Å²) in [5, 5.41) is 11.3. The highest BCUT2D eigenvalue weighted by Gasteiger charge is 2.20. The predicted octanol–water partition coefficient (Wildman–Crippen LogP) is -0.745. The van der Waals surface area contributed by atoms with Crippen molar-refractivity contribution in [1.82, 2.24) is 5.32 Å².